The first-order valence-corrected chi connectivity index (χ1v) is 5.51. The van der Waals surface area contributed by atoms with Crippen LogP contribution >= 0.6 is 0 Å². The molecule has 1 heteroatoms. The van der Waals surface area contributed by atoms with Crippen molar-refractivity contribution in [3.63, 3.8) is 0 Å². The Kier molecular flexibility index (Phi) is 4.68. The van der Waals surface area contributed by atoms with Crippen molar-refractivity contribution in [2.24, 2.45) is 0 Å². The second-order valence-electron chi connectivity index (χ2n) is 3.92. The highest BCUT2D eigenvalue weighted by Gasteiger charge is 2.09. The Labute approximate surface area is 87.7 Å². The van der Waals surface area contributed by atoms with E-state index in [0.29, 0.717) is 6.04 Å². The summed E-state index contributed by atoms with van der Waals surface area (Å²) in [5.74, 6) is 0. The molecule has 0 fully saturated rings. The summed E-state index contributed by atoms with van der Waals surface area (Å²) in [5, 5.41) is 0. The largest absolute Gasteiger partial charge is 0.300 e. The van der Waals surface area contributed by atoms with Crippen LogP contribution in [0.4, 0.5) is 0 Å². The van der Waals surface area contributed by atoms with Gasteiger partial charge >= 0.3 is 0 Å². The van der Waals surface area contributed by atoms with Gasteiger partial charge in [0.15, 0.2) is 0 Å². The van der Waals surface area contributed by atoms with E-state index in [1.807, 2.05) is 0 Å². The number of hydrogen-bond acceptors (Lipinski definition) is 1. The highest BCUT2D eigenvalue weighted by Crippen LogP contribution is 2.18. The summed E-state index contributed by atoms with van der Waals surface area (Å²) in [6, 6.07) is 11.2. The van der Waals surface area contributed by atoms with Crippen LogP contribution < -0.4 is 0 Å². The van der Waals surface area contributed by atoms with Crippen LogP contribution in [-0.2, 0) is 0 Å². The Bertz CT molecular complexity index is 243. The van der Waals surface area contributed by atoms with Gasteiger partial charge in [-0.25, -0.2) is 0 Å². The molecule has 1 rings (SSSR count). The van der Waals surface area contributed by atoms with Gasteiger partial charge < -0.3 is 0 Å². The minimum atomic E-state index is 0.530. The molecule has 0 spiro atoms. The van der Waals surface area contributed by atoms with Gasteiger partial charge in [-0.3, -0.25) is 4.90 Å². The van der Waals surface area contributed by atoms with Crippen molar-refractivity contribution in [2.45, 2.75) is 32.7 Å². The lowest BCUT2D eigenvalue weighted by Crippen LogP contribution is -2.23. The molecule has 0 N–H and O–H groups in total. The lowest BCUT2D eigenvalue weighted by molar-refractivity contribution is 0.257. The molecule has 0 aliphatic rings. The molecule has 0 radical (unpaired) electrons. The van der Waals surface area contributed by atoms with Gasteiger partial charge in [-0.1, -0.05) is 43.7 Å². The number of hydrogen-bond donors (Lipinski definition) is 0. The topological polar surface area (TPSA) is 3.24 Å². The van der Waals surface area contributed by atoms with Crippen LogP contribution in [0.5, 0.6) is 0 Å². The van der Waals surface area contributed by atoms with Crippen molar-refractivity contribution < 1.29 is 0 Å². The molecule has 0 aromatic heterocycles. The van der Waals surface area contributed by atoms with Crippen LogP contribution in [-0.4, -0.2) is 18.5 Å². The van der Waals surface area contributed by atoms with Crippen LogP contribution in [0.25, 0.3) is 0 Å². The van der Waals surface area contributed by atoms with Crippen LogP contribution in [0.15, 0.2) is 30.3 Å². The smallest absolute Gasteiger partial charge is 0.0316 e. The van der Waals surface area contributed by atoms with Gasteiger partial charge in [0.2, 0.25) is 0 Å². The average molecular weight is 191 g/mol. The molecular weight excluding hydrogens is 170 g/mol. The molecule has 14 heavy (non-hydrogen) atoms. The summed E-state index contributed by atoms with van der Waals surface area (Å²) in [4.78, 5) is 2.42. The second-order valence-corrected chi connectivity index (χ2v) is 3.92. The Morgan fingerprint density at radius 2 is 1.86 bits per heavy atom. The Morgan fingerprint density at radius 1 is 1.21 bits per heavy atom. The van der Waals surface area contributed by atoms with E-state index in [-0.39, 0.29) is 0 Å². The molecular formula is C13H21N. The van der Waals surface area contributed by atoms with E-state index in [0.717, 1.165) is 0 Å². The normalized spacial score (nSPS) is 13.1. The zero-order valence-corrected chi connectivity index (χ0v) is 9.53. The van der Waals surface area contributed by atoms with Crippen molar-refractivity contribution in [2.75, 3.05) is 13.6 Å². The molecule has 1 atom stereocenters. The lowest BCUT2D eigenvalue weighted by Gasteiger charge is -2.24. The van der Waals surface area contributed by atoms with Gasteiger partial charge in [-0.05, 0) is 32.5 Å². The highest BCUT2D eigenvalue weighted by atomic mass is 15.1. The van der Waals surface area contributed by atoms with Crippen molar-refractivity contribution >= 4 is 0 Å². The predicted molar refractivity (Wildman–Crippen MR) is 62.4 cm³/mol. The Morgan fingerprint density at radius 3 is 2.43 bits per heavy atom. The maximum absolute atomic E-state index is 2.42. The van der Waals surface area contributed by atoms with E-state index >= 15 is 0 Å². The number of unbranched alkanes of at least 4 members (excludes halogenated alkanes) is 1. The molecule has 1 nitrogen and oxygen atoms in total. The maximum Gasteiger partial charge on any atom is 0.0316 e. The van der Waals surface area contributed by atoms with Gasteiger partial charge in [0, 0.05) is 6.04 Å². The van der Waals surface area contributed by atoms with Gasteiger partial charge in [0.25, 0.3) is 0 Å². The summed E-state index contributed by atoms with van der Waals surface area (Å²) in [6.45, 7) is 5.69. The van der Waals surface area contributed by atoms with E-state index in [9.17, 15) is 0 Å². The maximum atomic E-state index is 2.42. The fraction of sp³-hybridized carbons (Fsp3) is 0.538. The van der Waals surface area contributed by atoms with Crippen molar-refractivity contribution in [3.8, 4) is 0 Å². The summed E-state index contributed by atoms with van der Waals surface area (Å²) in [5.41, 5.74) is 1.41. The first-order chi connectivity index (χ1) is 6.75. The summed E-state index contributed by atoms with van der Waals surface area (Å²) in [7, 11) is 2.20. The van der Waals surface area contributed by atoms with E-state index in [2.05, 4.69) is 56.1 Å². The molecule has 78 valence electrons. The molecule has 1 aromatic carbocycles. The summed E-state index contributed by atoms with van der Waals surface area (Å²) in [6.07, 6.45) is 2.56. The lowest BCUT2D eigenvalue weighted by atomic mass is 10.1. The van der Waals surface area contributed by atoms with Crippen molar-refractivity contribution in [1.82, 2.24) is 4.90 Å². The molecule has 0 amide bonds. The van der Waals surface area contributed by atoms with Crippen molar-refractivity contribution in [3.05, 3.63) is 35.9 Å². The molecule has 0 saturated heterocycles. The van der Waals surface area contributed by atoms with Gasteiger partial charge in [0.1, 0.15) is 0 Å². The number of benzene rings is 1. The van der Waals surface area contributed by atoms with Crippen molar-refractivity contribution in [1.29, 1.82) is 0 Å². The standard InChI is InChI=1S/C13H21N/c1-4-5-11-14(3)12(2)13-9-7-6-8-10-13/h6-10,12H,4-5,11H2,1-3H3. The van der Waals surface area contributed by atoms with E-state index < -0.39 is 0 Å². The summed E-state index contributed by atoms with van der Waals surface area (Å²) < 4.78 is 0. The predicted octanol–water partition coefficient (Wildman–Crippen LogP) is 3.48. The van der Waals surface area contributed by atoms with Crippen LogP contribution in [0.1, 0.15) is 38.3 Å². The Hall–Kier alpha value is -0.820. The third-order valence-corrected chi connectivity index (χ3v) is 2.81. The van der Waals surface area contributed by atoms with Gasteiger partial charge in [0.05, 0.1) is 0 Å². The van der Waals surface area contributed by atoms with Gasteiger partial charge in [-0.2, -0.15) is 0 Å². The van der Waals surface area contributed by atoms with Crippen LogP contribution in [0.3, 0.4) is 0 Å². The minimum Gasteiger partial charge on any atom is -0.300 e. The molecule has 0 aliphatic heterocycles. The zero-order valence-electron chi connectivity index (χ0n) is 9.53. The van der Waals surface area contributed by atoms with E-state index in [1.165, 1.54) is 24.9 Å². The van der Waals surface area contributed by atoms with E-state index in [1.54, 1.807) is 0 Å². The zero-order chi connectivity index (χ0) is 10.4. The number of nitrogens with zero attached hydrogens (tertiary/aromatic N) is 1. The molecule has 1 unspecified atom stereocenters. The minimum absolute atomic E-state index is 0.530. The quantitative estimate of drug-likeness (QED) is 0.688. The monoisotopic (exact) mass is 191 g/mol. The average Bonchev–Trinajstić information content (AvgIpc) is 2.26. The SMILES string of the molecule is CCCCN(C)C(C)c1ccccc1. The third kappa shape index (κ3) is 3.15. The van der Waals surface area contributed by atoms with E-state index in [4.69, 9.17) is 0 Å². The molecule has 0 bridgehead atoms. The molecule has 0 aliphatic carbocycles. The number of rotatable bonds is 5. The fourth-order valence-corrected chi connectivity index (χ4v) is 1.59. The first-order valence-electron chi connectivity index (χ1n) is 5.51. The highest BCUT2D eigenvalue weighted by molar-refractivity contribution is 5.18. The molecule has 1 aromatic rings. The Balaban J connectivity index is 2.52. The third-order valence-electron chi connectivity index (χ3n) is 2.81. The second kappa shape index (κ2) is 5.82. The summed E-state index contributed by atoms with van der Waals surface area (Å²) >= 11 is 0. The molecule has 0 heterocycles. The van der Waals surface area contributed by atoms with Gasteiger partial charge in [-0.15, -0.1) is 0 Å². The first kappa shape index (κ1) is 11.3. The fourth-order valence-electron chi connectivity index (χ4n) is 1.59. The molecule has 0 saturated carbocycles. The van der Waals surface area contributed by atoms with Crippen LogP contribution in [0, 0.1) is 0 Å². The van der Waals surface area contributed by atoms with Crippen LogP contribution in [0.2, 0.25) is 0 Å².